The Hall–Kier alpha value is -0.210. The van der Waals surface area contributed by atoms with Gasteiger partial charge in [-0.1, -0.05) is 0 Å². The molecule has 3 aliphatic heterocycles. The van der Waals surface area contributed by atoms with Crippen molar-refractivity contribution in [3.8, 4) is 0 Å². The predicted octanol–water partition coefficient (Wildman–Crippen LogP) is 0.559. The number of carbonyl (C=O) groups is 3. The van der Waals surface area contributed by atoms with Crippen LogP contribution in [-0.4, -0.2) is 43.8 Å². The van der Waals surface area contributed by atoms with Crippen molar-refractivity contribution < 1.29 is 28.6 Å². The van der Waals surface area contributed by atoms with Crippen LogP contribution in [0.25, 0.3) is 0 Å². The van der Waals surface area contributed by atoms with E-state index in [0.717, 1.165) is 0 Å². The molecule has 2 N–H and O–H groups in total. The van der Waals surface area contributed by atoms with Gasteiger partial charge in [0.05, 0.1) is 0 Å². The van der Waals surface area contributed by atoms with Gasteiger partial charge in [0.25, 0.3) is 0 Å². The Balaban J connectivity index is 1.48. The Bertz CT molecular complexity index is 548. The third kappa shape index (κ3) is 2.94. The van der Waals surface area contributed by atoms with E-state index in [1.165, 1.54) is 0 Å². The molecule has 8 nitrogen and oxygen atoms in total. The van der Waals surface area contributed by atoms with Crippen LogP contribution in [-0.2, 0) is 28.6 Å². The zero-order chi connectivity index (χ0) is 16.2. The van der Waals surface area contributed by atoms with Crippen LogP contribution in [0, 0.1) is 0 Å². The first-order valence-corrected chi connectivity index (χ1v) is 11.0. The van der Waals surface area contributed by atoms with Gasteiger partial charge in [0.15, 0.2) is 0 Å². The van der Waals surface area contributed by atoms with Crippen LogP contribution in [0.15, 0.2) is 0 Å². The second kappa shape index (κ2) is 5.41. The molecule has 0 amide bonds. The summed E-state index contributed by atoms with van der Waals surface area (Å²) in [6, 6.07) is 0. The average Bonchev–Trinajstić information content (AvgIpc) is 3.23. The van der Waals surface area contributed by atoms with E-state index in [1.807, 2.05) is 22.6 Å². The molecule has 3 heterocycles. The van der Waals surface area contributed by atoms with Crippen LogP contribution in [0.2, 0.25) is 0 Å². The van der Waals surface area contributed by atoms with Gasteiger partial charge in [0, 0.05) is 0 Å². The average molecular weight is 538 g/mol. The molecule has 10 heteroatoms. The zero-order valence-corrected chi connectivity index (χ0v) is 16.3. The molecule has 124 valence electrons. The molecule has 0 radical (unpaired) electrons. The van der Waals surface area contributed by atoms with E-state index in [1.54, 1.807) is 13.8 Å². The Morgan fingerprint density at radius 3 is 2.68 bits per heavy atom. The Labute approximate surface area is 148 Å². The second-order valence-electron chi connectivity index (χ2n) is 5.78. The first-order valence-electron chi connectivity index (χ1n) is 6.68. The molecule has 3 aliphatic rings. The molecular weight excluding hydrogens is 522 g/mol. The van der Waals surface area contributed by atoms with Gasteiger partial charge >= 0.3 is 149 Å². The van der Waals surface area contributed by atoms with Crippen molar-refractivity contribution in [3.63, 3.8) is 0 Å². The van der Waals surface area contributed by atoms with Crippen LogP contribution in [0.5, 0.6) is 0 Å². The summed E-state index contributed by atoms with van der Waals surface area (Å²) in [6.45, 7) is 3.23. The fourth-order valence-electron chi connectivity index (χ4n) is 2.20. The first kappa shape index (κ1) is 16.6. The molecular formula is C12H16I2N2O6. The van der Waals surface area contributed by atoms with Crippen LogP contribution in [0.3, 0.4) is 0 Å². The molecule has 0 saturated carbocycles. The monoisotopic (exact) mass is 538 g/mol. The fourth-order valence-corrected chi connectivity index (χ4v) is 9.98. The molecule has 0 aromatic carbocycles. The van der Waals surface area contributed by atoms with Crippen LogP contribution >= 0.6 is 43.0 Å². The molecule has 2 atom stereocenters. The van der Waals surface area contributed by atoms with Crippen molar-refractivity contribution in [2.75, 3.05) is 13.2 Å². The number of halogens is 2. The number of nitrogens with one attached hydrogen (secondary N) is 2. The van der Waals surface area contributed by atoms with E-state index in [9.17, 15) is 14.4 Å². The Morgan fingerprint density at radius 1 is 1.50 bits per heavy atom. The topological polar surface area (TPSA) is 123 Å². The van der Waals surface area contributed by atoms with E-state index in [-0.39, 0.29) is 16.7 Å². The van der Waals surface area contributed by atoms with Crippen molar-refractivity contribution in [1.82, 2.24) is 7.06 Å². The summed E-state index contributed by atoms with van der Waals surface area (Å²) in [5.74, 6) is -1.50. The number of hydrogen-bond acceptors (Lipinski definition) is 8. The van der Waals surface area contributed by atoms with Gasteiger partial charge in [-0.3, -0.25) is 0 Å². The number of cyclic esters (lactones) is 1. The summed E-state index contributed by atoms with van der Waals surface area (Å²) in [5.41, 5.74) is -0.889. The fraction of sp³-hybridized carbons (Fsp3) is 0.750. The summed E-state index contributed by atoms with van der Waals surface area (Å²) >= 11 is 0.771. The quantitative estimate of drug-likeness (QED) is 0.0992. The van der Waals surface area contributed by atoms with Gasteiger partial charge in [-0.2, -0.15) is 0 Å². The maximum absolute atomic E-state index is 12.1. The number of carbonyl (C=O) groups excluding carboxylic acids is 3. The van der Waals surface area contributed by atoms with Crippen molar-refractivity contribution >= 4 is 60.9 Å². The van der Waals surface area contributed by atoms with Gasteiger partial charge in [-0.25, -0.2) is 0 Å². The maximum atomic E-state index is 12.1. The Kier molecular flexibility index (Phi) is 4.09. The summed E-state index contributed by atoms with van der Waals surface area (Å²) < 4.78 is 20.7. The zero-order valence-electron chi connectivity index (χ0n) is 12.0. The van der Waals surface area contributed by atoms with E-state index < -0.39 is 53.9 Å². The van der Waals surface area contributed by atoms with E-state index in [4.69, 9.17) is 14.2 Å². The third-order valence-corrected chi connectivity index (χ3v) is 10.9. The van der Waals surface area contributed by atoms with Gasteiger partial charge in [-0.15, -0.1) is 0 Å². The van der Waals surface area contributed by atoms with Crippen LogP contribution in [0.1, 0.15) is 26.7 Å². The second-order valence-corrected chi connectivity index (χ2v) is 12.3. The molecule has 3 rings (SSSR count). The molecule has 22 heavy (non-hydrogen) atoms. The number of esters is 3. The summed E-state index contributed by atoms with van der Waals surface area (Å²) in [5, 5.41) is 0. The molecule has 2 unspecified atom stereocenters. The standard InChI is InChI=1S/C12H16I2N2O6/c1-10(3-4-20-7(17)5-10)22-8(18)6-21-9(19)11(2,13)12-14(15-12)16-12/h15-16H,3-6H2,1-2H3. The molecule has 0 spiro atoms. The van der Waals surface area contributed by atoms with Gasteiger partial charge < -0.3 is 0 Å². The van der Waals surface area contributed by atoms with Gasteiger partial charge in [-0.05, 0) is 0 Å². The third-order valence-electron chi connectivity index (χ3n) is 3.79. The van der Waals surface area contributed by atoms with Crippen LogP contribution < -0.4 is 7.06 Å². The number of alkyl halides is 2. The van der Waals surface area contributed by atoms with Gasteiger partial charge in [0.2, 0.25) is 0 Å². The van der Waals surface area contributed by atoms with Crippen molar-refractivity contribution in [1.29, 1.82) is 0 Å². The summed E-state index contributed by atoms with van der Waals surface area (Å²) in [6.07, 6.45) is 0.453. The van der Waals surface area contributed by atoms with Crippen molar-refractivity contribution in [2.24, 2.45) is 0 Å². The minimum atomic E-state index is -1.28. The van der Waals surface area contributed by atoms with E-state index in [0.29, 0.717) is 6.42 Å². The number of rotatable bonds is 5. The number of fused-ring (bicyclic) bond motifs is 1. The molecule has 0 aromatic rings. The molecule has 0 bridgehead atoms. The minimum absolute atomic E-state index is 0.0155. The SMILES string of the molecule is CC1(OC(=O)COC(=O)C(C)(I)C23NI2N3)CCOC(=O)C1. The number of hydrogen-bond donors (Lipinski definition) is 2. The molecule has 3 saturated heterocycles. The predicted molar refractivity (Wildman–Crippen MR) is 91.1 cm³/mol. The van der Waals surface area contributed by atoms with Crippen molar-refractivity contribution in [3.05, 3.63) is 0 Å². The summed E-state index contributed by atoms with van der Waals surface area (Å²) in [4.78, 5) is 35.3. The Morgan fingerprint density at radius 2 is 2.14 bits per heavy atom. The number of ether oxygens (including phenoxy) is 3. The van der Waals surface area contributed by atoms with Crippen molar-refractivity contribution in [2.45, 2.75) is 39.4 Å². The molecule has 0 aliphatic carbocycles. The van der Waals surface area contributed by atoms with Crippen LogP contribution in [0.4, 0.5) is 0 Å². The normalized spacial score (nSPS) is 32.1. The van der Waals surface area contributed by atoms with E-state index >= 15 is 0 Å². The van der Waals surface area contributed by atoms with E-state index in [2.05, 4.69) is 7.06 Å². The summed E-state index contributed by atoms with van der Waals surface area (Å²) in [7, 11) is 0. The molecule has 3 fully saturated rings. The first-order chi connectivity index (χ1) is 10.2. The van der Waals surface area contributed by atoms with Gasteiger partial charge in [0.1, 0.15) is 0 Å². The molecule has 0 aromatic heterocycles.